The maximum Gasteiger partial charge on any atom is 0.349 e. The average Bonchev–Trinajstić information content (AvgIpc) is 1.31. The zero-order chi connectivity index (χ0) is 73.5. The Morgan fingerprint density at radius 3 is 1.68 bits per heavy atom. The molecule has 0 unspecified atom stereocenters. The summed E-state index contributed by atoms with van der Waals surface area (Å²) in [4.78, 5) is 93.4. The molecule has 426 valence electrons. The lowest BCUT2D eigenvalue weighted by Crippen LogP contribution is -2.40. The van der Waals surface area contributed by atoms with E-state index in [9.17, 15) is 56.6 Å². The molecule has 0 bridgehead atoms. The standard InChI is InChI=1S/C22H24N2O7S.C12H19NO4S.C10H7NO4.C8H15NO3.CH4/c1-5-31-19-11-14(9-10-18(19)30-3)17(12-32(4,28)29)24-21(26)15-7-6-8-16(23-13(2)25)20(15)22(24)27;1-4-17-12-7-9(5-6-11(12)16-2)10(13)8-18(3,14)15;1-5(12)11-7-4-2-3-6-8(7)10(14)15-9(6)13;1-5(2)4-7(8(11)12)9-6(3)10;/h6-11,17H,5,12H2,1-4H3,(H,23,25);5-7,10H,4,8,13H2,1-3H3;2-4H,1H3,(H,11,12);5,7H,4H2,1-3H3,(H,9,10)(H,11,12);1H4/t17-;10-;;7-;/m11.0./s1/i3D3,4D3,12D2,17D;2D3,3D3,8D2,10D;;;. The van der Waals surface area contributed by atoms with E-state index in [2.05, 4.69) is 20.7 Å². The first-order valence-corrected chi connectivity index (χ1v) is 25.2. The Morgan fingerprint density at radius 2 is 1.21 bits per heavy atom. The number of carboxylic acid groups (broad SMARTS) is 1. The average molecular weight is 1150 g/mol. The van der Waals surface area contributed by atoms with Crippen LogP contribution in [0.2, 0.25) is 0 Å². The fraction of sp³-hybridized carbons (Fsp3) is 0.396. The first kappa shape index (κ1) is 42.2. The number of fused-ring (bicyclic) bond motifs is 2. The van der Waals surface area contributed by atoms with Gasteiger partial charge in [-0.15, -0.1) is 0 Å². The number of sulfone groups is 2. The fourth-order valence-corrected chi connectivity index (χ4v) is 7.62. The van der Waals surface area contributed by atoms with Gasteiger partial charge in [0.15, 0.2) is 23.0 Å². The number of carboxylic acids is 1. The van der Waals surface area contributed by atoms with Crippen LogP contribution in [0.25, 0.3) is 0 Å². The van der Waals surface area contributed by atoms with Gasteiger partial charge in [-0.1, -0.05) is 45.5 Å². The molecule has 6 N–H and O–H groups in total. The zero-order valence-electron chi connectivity index (χ0n) is 59.9. The van der Waals surface area contributed by atoms with Crippen LogP contribution in [-0.2, 0) is 43.6 Å². The van der Waals surface area contributed by atoms with Crippen LogP contribution in [0.15, 0.2) is 72.8 Å². The number of nitrogens with zero attached hydrogens (tertiary/aromatic N) is 1. The lowest BCUT2D eigenvalue weighted by Gasteiger charge is -2.27. The van der Waals surface area contributed by atoms with E-state index in [-0.39, 0.29) is 71.6 Å². The maximum absolute atomic E-state index is 13.7. The van der Waals surface area contributed by atoms with Gasteiger partial charge in [-0.25, -0.2) is 31.2 Å². The predicted octanol–water partition coefficient (Wildman–Crippen LogP) is 5.79. The largest absolute Gasteiger partial charge is 0.493 e. The highest BCUT2D eigenvalue weighted by Crippen LogP contribution is 2.39. The second-order valence-corrected chi connectivity index (χ2v) is 18.5. The van der Waals surface area contributed by atoms with Crippen molar-refractivity contribution in [2.75, 3.05) is 61.7 Å². The van der Waals surface area contributed by atoms with E-state index in [1.54, 1.807) is 19.1 Å². The van der Waals surface area contributed by atoms with E-state index in [0.29, 0.717) is 12.1 Å². The van der Waals surface area contributed by atoms with E-state index < -0.39 is 145 Å². The molecule has 23 nitrogen and oxygen atoms in total. The van der Waals surface area contributed by atoms with Crippen LogP contribution in [0.1, 0.15) is 152 Å². The van der Waals surface area contributed by atoms with Crippen molar-refractivity contribution in [3.63, 3.8) is 0 Å². The monoisotopic (exact) mass is 1150 g/mol. The van der Waals surface area contributed by atoms with Gasteiger partial charge in [0.05, 0.1) is 89.3 Å². The van der Waals surface area contributed by atoms with Crippen molar-refractivity contribution in [3.8, 4) is 23.0 Å². The van der Waals surface area contributed by atoms with E-state index in [0.717, 1.165) is 49.4 Å². The summed E-state index contributed by atoms with van der Waals surface area (Å²) >= 11 is 0. The smallest absolute Gasteiger partial charge is 0.349 e. The summed E-state index contributed by atoms with van der Waals surface area (Å²) in [7, 11) is -17.3. The number of rotatable bonds is 19. The molecule has 0 saturated heterocycles. The minimum absolute atomic E-state index is 0. The number of benzene rings is 4. The third kappa shape index (κ3) is 19.3. The second-order valence-electron chi connectivity index (χ2n) is 16.0. The number of ether oxygens (including phenoxy) is 5. The van der Waals surface area contributed by atoms with Gasteiger partial charge in [-0.05, 0) is 85.8 Å². The molecular weight excluding hydrogens is 1060 g/mol. The van der Waals surface area contributed by atoms with Gasteiger partial charge in [-0.2, -0.15) is 0 Å². The van der Waals surface area contributed by atoms with Crippen molar-refractivity contribution < 1.29 is 109 Å². The van der Waals surface area contributed by atoms with Crippen molar-refractivity contribution in [1.29, 1.82) is 0 Å². The number of hydrogen-bond donors (Lipinski definition) is 5. The number of methoxy groups -OCH3 is 2. The van der Waals surface area contributed by atoms with Crippen LogP contribution in [-0.4, -0.2) is 131 Å². The summed E-state index contributed by atoms with van der Waals surface area (Å²) in [6, 6.07) is 6.16. The molecule has 0 aromatic heterocycles. The normalized spacial score (nSPS) is 18.6. The van der Waals surface area contributed by atoms with Crippen molar-refractivity contribution in [2.24, 2.45) is 11.7 Å². The number of nitrogens with one attached hydrogen (secondary N) is 3. The molecule has 0 spiro atoms. The number of hydrogen-bond acceptors (Lipinski definition) is 18. The zero-order valence-corrected chi connectivity index (χ0v) is 43.6. The van der Waals surface area contributed by atoms with Crippen LogP contribution >= 0.6 is 0 Å². The predicted molar refractivity (Wildman–Crippen MR) is 291 cm³/mol. The van der Waals surface area contributed by atoms with Crippen LogP contribution in [0.5, 0.6) is 23.0 Å². The number of carbonyl (C=O) groups is 8. The minimum atomic E-state index is -5.98. The lowest BCUT2D eigenvalue weighted by atomic mass is 10.0. The van der Waals surface area contributed by atoms with Gasteiger partial charge in [0.1, 0.15) is 25.7 Å². The number of anilines is 2. The van der Waals surface area contributed by atoms with E-state index in [1.165, 1.54) is 39.0 Å². The Labute approximate surface area is 479 Å². The maximum atomic E-state index is 13.7. The quantitative estimate of drug-likeness (QED) is 0.0421. The summed E-state index contributed by atoms with van der Waals surface area (Å²) < 4.78 is 212. The molecule has 0 saturated carbocycles. The van der Waals surface area contributed by atoms with Crippen molar-refractivity contribution >= 4 is 78.5 Å². The van der Waals surface area contributed by atoms with Gasteiger partial charge in [0.2, 0.25) is 17.7 Å². The van der Waals surface area contributed by atoms with Crippen molar-refractivity contribution in [3.05, 3.63) is 106 Å². The molecule has 4 aromatic rings. The molecule has 0 radical (unpaired) electrons. The molecule has 25 heteroatoms. The molecule has 5 amide bonds. The molecule has 0 aliphatic carbocycles. The summed E-state index contributed by atoms with van der Waals surface area (Å²) in [5, 5.41) is 15.8. The number of cyclic esters (lactones) is 2. The topological polar surface area (TPSA) is 337 Å². The highest BCUT2D eigenvalue weighted by Gasteiger charge is 2.43. The number of esters is 2. The first-order valence-electron chi connectivity index (χ1n) is 31.2. The van der Waals surface area contributed by atoms with Crippen molar-refractivity contribution in [2.45, 2.75) is 80.4 Å². The van der Waals surface area contributed by atoms with Gasteiger partial charge in [0, 0.05) is 52.9 Å². The number of aliphatic carboxylic acids is 1. The molecule has 3 atom stereocenters. The Hall–Kier alpha value is -7.90. The Bertz CT molecular complexity index is 3850. The third-order valence-electron chi connectivity index (χ3n) is 9.58. The summed E-state index contributed by atoms with van der Waals surface area (Å²) in [5.74, 6) is -7.51. The molecule has 0 fully saturated rings. The highest BCUT2D eigenvalue weighted by atomic mass is 32.2. The van der Waals surface area contributed by atoms with Gasteiger partial charge >= 0.3 is 17.9 Å². The summed E-state index contributed by atoms with van der Waals surface area (Å²) in [6.45, 7) is 10.5. The van der Waals surface area contributed by atoms with E-state index in [4.69, 9.17) is 53.1 Å². The number of imide groups is 1. The lowest BCUT2D eigenvalue weighted by molar-refractivity contribution is -0.142. The molecule has 78 heavy (non-hydrogen) atoms. The minimum Gasteiger partial charge on any atom is -0.493 e. The number of amides is 5. The Kier molecular flexibility index (Phi) is 16.0. The van der Waals surface area contributed by atoms with Crippen LogP contribution < -0.4 is 40.6 Å². The Balaban J connectivity index is 0.000000486. The van der Waals surface area contributed by atoms with Crippen molar-refractivity contribution in [1.82, 2.24) is 10.2 Å². The molecule has 2 heterocycles. The van der Waals surface area contributed by atoms with Gasteiger partial charge in [-0.3, -0.25) is 28.9 Å². The molecule has 6 rings (SSSR count). The third-order valence-corrected chi connectivity index (χ3v) is 10.5. The first-order chi connectivity index (χ1) is 43.0. The Morgan fingerprint density at radius 1 is 0.705 bits per heavy atom. The summed E-state index contributed by atoms with van der Waals surface area (Å²) in [5.41, 5.74) is -4.04. The molecule has 2 aliphatic rings. The number of carbonyl (C=O) groups excluding carboxylic acids is 7. The van der Waals surface area contributed by atoms with Crippen LogP contribution in [0, 0.1) is 5.92 Å². The molecule has 4 aromatic carbocycles. The van der Waals surface area contributed by atoms with Gasteiger partial charge < -0.3 is 50.5 Å². The number of nitrogens with two attached hydrogens (primary N) is 1. The van der Waals surface area contributed by atoms with Gasteiger partial charge in [0.25, 0.3) is 11.8 Å². The molecule has 2 aliphatic heterocycles. The van der Waals surface area contributed by atoms with Crippen LogP contribution in [0.3, 0.4) is 0 Å². The molecular formula is C53H69N5O18S2. The summed E-state index contributed by atoms with van der Waals surface area (Å²) in [6.07, 6.45) is -7.32. The van der Waals surface area contributed by atoms with E-state index >= 15 is 0 Å². The second kappa shape index (κ2) is 29.6. The van der Waals surface area contributed by atoms with E-state index in [1.807, 2.05) is 13.8 Å². The van der Waals surface area contributed by atoms with Crippen LogP contribution in [0.4, 0.5) is 11.4 Å². The fourth-order valence-electron chi connectivity index (χ4n) is 6.75. The highest BCUT2D eigenvalue weighted by molar-refractivity contribution is 7.90. The SMILES string of the molecule is C.CC(=O)N[C@@H](CC(C)C)C(=O)O.CC(=O)Nc1cccc2c1C(=O)OC2=O.[2H]C([2H])([2H])Oc1ccc([C@]([2H])(N)C([2H])([2H])S(=O)(=O)C([2H])([2H])[2H])cc1OCC.[2H]C([2H])([2H])Oc1ccc([C@]([2H])(N2C(=O)c3cccc(NC(C)=O)c3C2=O)C([2H])([2H])S(=O)(=O)C([2H])([2H])[2H])cc1OCC.